The molecule has 0 radical (unpaired) electrons. The van der Waals surface area contributed by atoms with Gasteiger partial charge in [-0.2, -0.15) is 4.37 Å². The van der Waals surface area contributed by atoms with E-state index in [2.05, 4.69) is 48.0 Å². The SMILES string of the molecule is CCCCC(C)(CCC)c1c(C)nsc1Br. The molecule has 16 heavy (non-hydrogen) atoms. The van der Waals surface area contributed by atoms with Crippen LogP contribution in [0.1, 0.15) is 64.1 Å². The van der Waals surface area contributed by atoms with E-state index in [4.69, 9.17) is 0 Å². The lowest BCUT2D eigenvalue weighted by molar-refractivity contribution is 0.380. The molecule has 1 nitrogen and oxygen atoms in total. The number of halogens is 1. The topological polar surface area (TPSA) is 12.9 Å². The summed E-state index contributed by atoms with van der Waals surface area (Å²) in [6.45, 7) is 9.07. The zero-order valence-electron chi connectivity index (χ0n) is 10.8. The number of aryl methyl sites for hydroxylation is 1. The van der Waals surface area contributed by atoms with Crippen molar-refractivity contribution in [1.82, 2.24) is 4.37 Å². The highest BCUT2D eigenvalue weighted by molar-refractivity contribution is 9.11. The first kappa shape index (κ1) is 14.2. The Bertz CT molecular complexity index is 315. The first-order valence-corrected chi connectivity index (χ1v) is 7.74. The number of aromatic nitrogens is 1. The van der Waals surface area contributed by atoms with Crippen molar-refractivity contribution in [2.75, 3.05) is 0 Å². The molecular formula is C13H22BrNS. The predicted octanol–water partition coefficient (Wildman–Crippen LogP) is 5.46. The van der Waals surface area contributed by atoms with E-state index >= 15 is 0 Å². The summed E-state index contributed by atoms with van der Waals surface area (Å²) in [6.07, 6.45) is 6.34. The van der Waals surface area contributed by atoms with E-state index in [1.54, 1.807) is 11.5 Å². The van der Waals surface area contributed by atoms with Gasteiger partial charge in [0.25, 0.3) is 0 Å². The van der Waals surface area contributed by atoms with Crippen LogP contribution in [0.4, 0.5) is 0 Å². The van der Waals surface area contributed by atoms with Gasteiger partial charge in [-0.25, -0.2) is 0 Å². The third-order valence-electron chi connectivity index (χ3n) is 3.31. The van der Waals surface area contributed by atoms with Crippen LogP contribution in [0.3, 0.4) is 0 Å². The zero-order valence-corrected chi connectivity index (χ0v) is 13.2. The van der Waals surface area contributed by atoms with Gasteiger partial charge in [-0.3, -0.25) is 0 Å². The van der Waals surface area contributed by atoms with E-state index in [0.29, 0.717) is 5.41 Å². The lowest BCUT2D eigenvalue weighted by atomic mass is 9.75. The first-order chi connectivity index (χ1) is 7.55. The van der Waals surface area contributed by atoms with Crippen molar-refractivity contribution in [1.29, 1.82) is 0 Å². The molecule has 1 unspecified atom stereocenters. The molecule has 0 aliphatic heterocycles. The second kappa shape index (κ2) is 6.15. The van der Waals surface area contributed by atoms with Crippen LogP contribution in [0.25, 0.3) is 0 Å². The molecule has 0 amide bonds. The van der Waals surface area contributed by atoms with E-state index in [1.807, 2.05) is 0 Å². The van der Waals surface area contributed by atoms with E-state index in [-0.39, 0.29) is 0 Å². The van der Waals surface area contributed by atoms with E-state index in [0.717, 1.165) is 0 Å². The van der Waals surface area contributed by atoms with Crippen molar-refractivity contribution >= 4 is 27.5 Å². The normalized spacial score (nSPS) is 15.1. The largest absolute Gasteiger partial charge is 0.197 e. The molecule has 0 N–H and O–H groups in total. The summed E-state index contributed by atoms with van der Waals surface area (Å²) in [6, 6.07) is 0. The number of nitrogens with zero attached hydrogens (tertiary/aromatic N) is 1. The van der Waals surface area contributed by atoms with Crippen molar-refractivity contribution in [2.24, 2.45) is 0 Å². The summed E-state index contributed by atoms with van der Waals surface area (Å²) in [5, 5.41) is 0. The van der Waals surface area contributed by atoms with Crippen LogP contribution < -0.4 is 0 Å². The van der Waals surface area contributed by atoms with Gasteiger partial charge < -0.3 is 0 Å². The highest BCUT2D eigenvalue weighted by atomic mass is 79.9. The van der Waals surface area contributed by atoms with E-state index in [9.17, 15) is 0 Å². The first-order valence-electron chi connectivity index (χ1n) is 6.17. The maximum absolute atomic E-state index is 4.47. The van der Waals surface area contributed by atoms with Crippen LogP contribution in [0.15, 0.2) is 3.79 Å². The van der Waals surface area contributed by atoms with E-state index in [1.165, 1.54) is 47.1 Å². The number of rotatable bonds is 6. The Kier molecular flexibility index (Phi) is 5.45. The number of unbranched alkanes of at least 4 members (excludes halogenated alkanes) is 1. The minimum absolute atomic E-state index is 0.306. The van der Waals surface area contributed by atoms with Crippen LogP contribution in [0.5, 0.6) is 0 Å². The second-order valence-corrected chi connectivity index (χ2v) is 6.92. The average molecular weight is 304 g/mol. The summed E-state index contributed by atoms with van der Waals surface area (Å²) in [5.74, 6) is 0. The van der Waals surface area contributed by atoms with Gasteiger partial charge in [-0.15, -0.1) is 0 Å². The summed E-state index contributed by atoms with van der Waals surface area (Å²) in [7, 11) is 0. The van der Waals surface area contributed by atoms with Gasteiger partial charge in [0.1, 0.15) is 0 Å². The van der Waals surface area contributed by atoms with Gasteiger partial charge >= 0.3 is 0 Å². The minimum Gasteiger partial charge on any atom is -0.197 e. The molecule has 1 heterocycles. The fourth-order valence-corrected chi connectivity index (χ4v) is 4.29. The standard InChI is InChI=1S/C13H22BrNS/c1-5-7-9-13(4,8-6-2)11-10(3)15-16-12(11)14/h5-9H2,1-4H3. The number of hydrogen-bond acceptors (Lipinski definition) is 2. The predicted molar refractivity (Wildman–Crippen MR) is 76.3 cm³/mol. The van der Waals surface area contributed by atoms with Crippen LogP contribution in [0, 0.1) is 6.92 Å². The molecule has 0 saturated heterocycles. The molecule has 1 aromatic rings. The molecule has 1 rings (SSSR count). The molecule has 0 aliphatic rings. The molecule has 0 bridgehead atoms. The maximum atomic E-state index is 4.47. The van der Waals surface area contributed by atoms with Crippen LogP contribution in [-0.4, -0.2) is 4.37 Å². The van der Waals surface area contributed by atoms with E-state index < -0.39 is 0 Å². The zero-order chi connectivity index (χ0) is 12.2. The van der Waals surface area contributed by atoms with Crippen LogP contribution in [-0.2, 0) is 5.41 Å². The summed E-state index contributed by atoms with van der Waals surface area (Å²) < 4.78 is 5.70. The Balaban J connectivity index is 3.00. The fraction of sp³-hybridized carbons (Fsp3) is 0.769. The summed E-state index contributed by atoms with van der Waals surface area (Å²) in [5.41, 5.74) is 2.97. The Morgan fingerprint density at radius 2 is 1.94 bits per heavy atom. The molecule has 0 saturated carbocycles. The van der Waals surface area contributed by atoms with Crippen molar-refractivity contribution in [3.8, 4) is 0 Å². The lowest BCUT2D eigenvalue weighted by Crippen LogP contribution is -2.22. The molecule has 3 heteroatoms. The maximum Gasteiger partial charge on any atom is 0.0945 e. The van der Waals surface area contributed by atoms with Crippen molar-refractivity contribution in [2.45, 2.75) is 65.2 Å². The Morgan fingerprint density at radius 3 is 2.38 bits per heavy atom. The second-order valence-electron chi connectivity index (χ2n) is 4.83. The smallest absolute Gasteiger partial charge is 0.0945 e. The summed E-state index contributed by atoms with van der Waals surface area (Å²) in [4.78, 5) is 0. The highest BCUT2D eigenvalue weighted by Gasteiger charge is 2.30. The molecule has 1 aromatic heterocycles. The van der Waals surface area contributed by atoms with Crippen LogP contribution >= 0.6 is 27.5 Å². The third-order valence-corrected chi connectivity index (χ3v) is 4.87. The van der Waals surface area contributed by atoms with Gasteiger partial charge in [0.2, 0.25) is 0 Å². The molecule has 1 atom stereocenters. The van der Waals surface area contributed by atoms with Gasteiger partial charge in [0.15, 0.2) is 0 Å². The highest BCUT2D eigenvalue weighted by Crippen LogP contribution is 2.41. The van der Waals surface area contributed by atoms with Gasteiger partial charge in [-0.05, 0) is 52.6 Å². The third kappa shape index (κ3) is 3.07. The average Bonchev–Trinajstić information content (AvgIpc) is 2.56. The molecule has 0 aromatic carbocycles. The number of hydrogen-bond donors (Lipinski definition) is 0. The van der Waals surface area contributed by atoms with Crippen molar-refractivity contribution in [3.05, 3.63) is 15.0 Å². The Morgan fingerprint density at radius 1 is 1.25 bits per heavy atom. The molecular weight excluding hydrogens is 282 g/mol. The fourth-order valence-electron chi connectivity index (χ4n) is 2.51. The van der Waals surface area contributed by atoms with Crippen molar-refractivity contribution in [3.63, 3.8) is 0 Å². The monoisotopic (exact) mass is 303 g/mol. The van der Waals surface area contributed by atoms with Gasteiger partial charge in [-0.1, -0.05) is 40.0 Å². The molecule has 0 spiro atoms. The van der Waals surface area contributed by atoms with Gasteiger partial charge in [0, 0.05) is 5.56 Å². The minimum atomic E-state index is 0.306. The van der Waals surface area contributed by atoms with Crippen molar-refractivity contribution < 1.29 is 0 Å². The Labute approximate surface area is 112 Å². The Hall–Kier alpha value is 0.110. The van der Waals surface area contributed by atoms with Gasteiger partial charge in [0.05, 0.1) is 9.48 Å². The molecule has 0 fully saturated rings. The molecule has 0 aliphatic carbocycles. The summed E-state index contributed by atoms with van der Waals surface area (Å²) >= 11 is 5.25. The molecule has 92 valence electrons. The lowest BCUT2D eigenvalue weighted by Gasteiger charge is -2.30. The van der Waals surface area contributed by atoms with Crippen LogP contribution in [0.2, 0.25) is 0 Å². The quantitative estimate of drug-likeness (QED) is 0.680.